The second kappa shape index (κ2) is 50.8. The van der Waals surface area contributed by atoms with E-state index in [-0.39, 0.29) is 126 Å². The van der Waals surface area contributed by atoms with Gasteiger partial charge in [-0.3, -0.25) is 71.7 Å². The predicted octanol–water partition coefficient (Wildman–Crippen LogP) is 1.36. The number of carbonyl (C=O) groups is 13. The maximum absolute atomic E-state index is 14.1. The van der Waals surface area contributed by atoms with Crippen LogP contribution in [0.25, 0.3) is 21.8 Å². The standard InChI is InChI=1S/C83H112N22O23S2/c1-50-40-58(41-51(2)73(50)129(123,124)102-63(80(119)120)48-95-75(114)54-15-20-65-56(44-54)46-97-104(65)36-10-26-89-82-91-32-33-92-82)127-38-8-13-67(106)85-28-29-87-69(108)22-17-60(100-79(118)62(19-24-72(112)113)101-78(117)61(18-23-71(110)111)99-70(109)12-6-5-7-25-84)77(116)88-31-30-86-68(107)14-9-39-128-59-42-52(3)74(53(4)43-59)130(125,126)103-64(81(121)122)49-96-76(115)55-16-21-66-57(45-55)47-98-105(66)37-11-27-90-83-93-34-35-94-83/h15-16,20-21,32-35,40-47,60-64,102-103H,5-14,17-19,22-31,36-39,48-49,84H2,1-4H3,(H,85,106)(H,86,107)(H,87,108)(H,88,116)(H,95,114)(H,96,115)(H,99,109)(H,100,118)(H,101,117)(H,110,111)(H,112,113)(H,119,120)(H,121,122)(H2,89,91,92)(H2,90,93,94)/t60?,61-,62+,63+,64-/m1/s1. The van der Waals surface area contributed by atoms with Crippen LogP contribution in [0.3, 0.4) is 0 Å². The van der Waals surface area contributed by atoms with Gasteiger partial charge in [0.2, 0.25) is 61.4 Å². The Morgan fingerprint density at radius 3 is 1.22 bits per heavy atom. The summed E-state index contributed by atoms with van der Waals surface area (Å²) < 4.78 is 74.8. The van der Waals surface area contributed by atoms with Crippen molar-refractivity contribution in [2.24, 2.45) is 5.73 Å². The number of anilines is 2. The van der Waals surface area contributed by atoms with Gasteiger partial charge >= 0.3 is 23.9 Å². The Kier molecular flexibility index (Phi) is 39.7. The van der Waals surface area contributed by atoms with Crippen LogP contribution in [0.4, 0.5) is 11.9 Å². The van der Waals surface area contributed by atoms with E-state index < -0.39 is 179 Å². The van der Waals surface area contributed by atoms with E-state index in [1.165, 1.54) is 52.0 Å². The number of nitrogens with one attached hydrogen (secondary N) is 15. The van der Waals surface area contributed by atoms with Gasteiger partial charge in [-0.15, -0.1) is 0 Å². The van der Waals surface area contributed by atoms with Gasteiger partial charge in [0.05, 0.1) is 46.4 Å². The third-order valence-corrected chi connectivity index (χ3v) is 23.7. The first-order valence-corrected chi connectivity index (χ1v) is 45.1. The van der Waals surface area contributed by atoms with E-state index in [1.54, 1.807) is 82.9 Å². The van der Waals surface area contributed by atoms with E-state index in [0.29, 0.717) is 87.5 Å². The largest absolute Gasteiger partial charge is 0.494 e. The zero-order valence-electron chi connectivity index (χ0n) is 72.3. The van der Waals surface area contributed by atoms with Crippen LogP contribution < -0.4 is 83.1 Å². The number of H-pyrrole nitrogens is 2. The number of sulfonamides is 2. The van der Waals surface area contributed by atoms with E-state index in [1.807, 2.05) is 0 Å². The number of carboxylic acid groups (broad SMARTS) is 4. The molecule has 0 saturated heterocycles. The molecule has 9 amide bonds. The van der Waals surface area contributed by atoms with Gasteiger partial charge in [0.1, 0.15) is 41.7 Å². The van der Waals surface area contributed by atoms with Crippen LogP contribution in [0.2, 0.25) is 0 Å². The smallest absolute Gasteiger partial charge is 0.323 e. The van der Waals surface area contributed by atoms with Crippen molar-refractivity contribution < 1.29 is 109 Å². The number of carboxylic acids is 4. The van der Waals surface area contributed by atoms with E-state index >= 15 is 0 Å². The van der Waals surface area contributed by atoms with Crippen molar-refractivity contribution in [3.05, 3.63) is 131 Å². The summed E-state index contributed by atoms with van der Waals surface area (Å²) in [4.78, 5) is 183. The van der Waals surface area contributed by atoms with Crippen LogP contribution in [0.15, 0.2) is 108 Å². The lowest BCUT2D eigenvalue weighted by Crippen LogP contribution is -2.57. The Morgan fingerprint density at radius 2 is 0.823 bits per heavy atom. The number of aryl methyl sites for hydroxylation is 6. The van der Waals surface area contributed by atoms with Gasteiger partial charge in [0.25, 0.3) is 11.8 Å². The molecule has 8 rings (SSSR count). The lowest BCUT2D eigenvalue weighted by Gasteiger charge is -2.25. The molecule has 130 heavy (non-hydrogen) atoms. The number of hydrogen-bond donors (Lipinski definition) is 20. The van der Waals surface area contributed by atoms with Crippen molar-refractivity contribution in [3.63, 3.8) is 0 Å². The van der Waals surface area contributed by atoms with E-state index in [2.05, 4.69) is 98.1 Å². The molecule has 704 valence electrons. The Morgan fingerprint density at radius 1 is 0.431 bits per heavy atom. The van der Waals surface area contributed by atoms with Gasteiger partial charge in [-0.25, -0.2) is 26.8 Å². The molecule has 0 aliphatic heterocycles. The van der Waals surface area contributed by atoms with Crippen molar-refractivity contribution in [1.82, 2.24) is 96.8 Å². The number of carbonyl (C=O) groups excluding carboxylic acids is 9. The van der Waals surface area contributed by atoms with E-state index in [0.717, 1.165) is 11.0 Å². The van der Waals surface area contributed by atoms with E-state index in [9.17, 15) is 99.6 Å². The minimum atomic E-state index is -4.54. The van der Waals surface area contributed by atoms with Crippen LogP contribution >= 0.6 is 0 Å². The van der Waals surface area contributed by atoms with Gasteiger partial charge in [-0.05, 0) is 175 Å². The Bertz CT molecular complexity index is 5450. The molecule has 0 radical (unpaired) electrons. The molecule has 4 aromatic heterocycles. The summed E-state index contributed by atoms with van der Waals surface area (Å²) in [6.45, 7) is 6.71. The molecule has 47 heteroatoms. The zero-order valence-corrected chi connectivity index (χ0v) is 73.9. The highest BCUT2D eigenvalue weighted by molar-refractivity contribution is 7.90. The molecular weight excluding hydrogens is 1740 g/mol. The fraction of sp³-hybridized carbons (Fsp3) is 0.458. The lowest BCUT2D eigenvalue weighted by molar-refractivity contribution is -0.140. The first-order valence-electron chi connectivity index (χ1n) is 42.1. The van der Waals surface area contributed by atoms with Crippen LogP contribution in [0, 0.1) is 27.7 Å². The Balaban J connectivity index is 0.782. The highest BCUT2D eigenvalue weighted by Gasteiger charge is 2.34. The fourth-order valence-electron chi connectivity index (χ4n) is 13.7. The second-order valence-corrected chi connectivity index (χ2v) is 33.7. The molecule has 4 aromatic carbocycles. The molecule has 0 fully saturated rings. The summed E-state index contributed by atoms with van der Waals surface area (Å²) in [5.41, 5.74) is 8.21. The Labute approximate surface area is 747 Å². The van der Waals surface area contributed by atoms with Crippen molar-refractivity contribution in [1.29, 1.82) is 0 Å². The maximum atomic E-state index is 14.1. The Hall–Kier alpha value is -13.7. The number of rotatable bonds is 60. The van der Waals surface area contributed by atoms with Crippen LogP contribution in [0.1, 0.15) is 146 Å². The summed E-state index contributed by atoms with van der Waals surface area (Å²) in [6, 6.07) is 6.99. The number of amides is 9. The monoisotopic (exact) mass is 1850 g/mol. The van der Waals surface area contributed by atoms with Gasteiger partial charge < -0.3 is 104 Å². The molecule has 5 atom stereocenters. The van der Waals surface area contributed by atoms with Gasteiger partial charge in [0, 0.05) is 151 Å². The number of hydrogen-bond acceptors (Lipinski definition) is 26. The molecule has 1 unspecified atom stereocenters. The molecule has 0 spiro atoms. The van der Waals surface area contributed by atoms with Crippen molar-refractivity contribution in [2.75, 3.05) is 82.8 Å². The number of nitrogens with two attached hydrogens (primary N) is 1. The fourth-order valence-corrected chi connectivity index (χ4v) is 17.0. The molecule has 0 saturated carbocycles. The van der Waals surface area contributed by atoms with Crippen molar-refractivity contribution >= 4 is 131 Å². The SMILES string of the molecule is Cc1cc(OCCCC(=O)NCCNC(=O)CCC(NC(=O)[C@H](CCC(=O)O)NC(=O)[C@@H](CCC(=O)O)NC(=O)CCCCCN)C(=O)NCCNC(=O)CCCOc2cc(C)c(S(=O)(=O)N[C@H](CNC(=O)c3ccc4c(cnn4CCCNc4ncc[nH]4)c3)C(=O)O)c(C)c2)cc(C)c1S(=O)(=O)N[C@@H](CNC(=O)c1ccc2c(cnn2CCCNc2ncc[nH]2)c1)C(=O)O. The minimum absolute atomic E-state index is 0.0152. The number of nitrogens with zero attached hydrogens (tertiary/aromatic N) is 6. The van der Waals surface area contributed by atoms with Crippen LogP contribution in [0.5, 0.6) is 11.5 Å². The number of ether oxygens (including phenoxy) is 2. The predicted molar refractivity (Wildman–Crippen MR) is 471 cm³/mol. The summed E-state index contributed by atoms with van der Waals surface area (Å²) in [5, 5.41) is 78.4. The number of fused-ring (bicyclic) bond motifs is 2. The number of benzene rings is 4. The number of imidazole rings is 2. The first-order chi connectivity index (χ1) is 62.1. The minimum Gasteiger partial charge on any atom is -0.494 e. The van der Waals surface area contributed by atoms with Gasteiger partial charge in [0.15, 0.2) is 11.9 Å². The quantitative estimate of drug-likeness (QED) is 0.0239. The van der Waals surface area contributed by atoms with Crippen LogP contribution in [-0.4, -0.2) is 256 Å². The molecule has 0 bridgehead atoms. The van der Waals surface area contributed by atoms with Crippen molar-refractivity contribution in [2.45, 2.75) is 184 Å². The summed E-state index contributed by atoms with van der Waals surface area (Å²) in [6.07, 6.45) is 9.75. The average molecular weight is 1850 g/mol. The normalized spacial score (nSPS) is 12.6. The van der Waals surface area contributed by atoms with E-state index in [4.69, 9.17) is 15.2 Å². The molecule has 45 nitrogen and oxygen atoms in total. The summed E-state index contributed by atoms with van der Waals surface area (Å²) in [7, 11) is -9.05. The zero-order chi connectivity index (χ0) is 94.5. The highest BCUT2D eigenvalue weighted by atomic mass is 32.2. The van der Waals surface area contributed by atoms with Crippen LogP contribution in [-0.2, 0) is 85.9 Å². The summed E-state index contributed by atoms with van der Waals surface area (Å²) in [5.74, 6) is -10.7. The maximum Gasteiger partial charge on any atom is 0.323 e. The number of aromatic amines is 2. The number of aromatic nitrogens is 8. The average Bonchev–Trinajstić information content (AvgIpc) is 1.20. The van der Waals surface area contributed by atoms with Gasteiger partial charge in [-0.2, -0.15) is 19.6 Å². The number of aliphatic carboxylic acids is 4. The third kappa shape index (κ3) is 32.9. The molecule has 0 aliphatic carbocycles. The second-order valence-electron chi connectivity index (χ2n) is 30.4. The molecular formula is C83H112N22O23S2. The number of unbranched alkanes of at least 4 members (excludes halogenated alkanes) is 2. The third-order valence-electron chi connectivity index (χ3n) is 20.1. The molecule has 21 N–H and O–H groups in total. The molecule has 8 aromatic rings. The van der Waals surface area contributed by atoms with Crippen molar-refractivity contribution in [3.8, 4) is 11.5 Å². The lowest BCUT2D eigenvalue weighted by atomic mass is 10.1. The highest BCUT2D eigenvalue weighted by Crippen LogP contribution is 2.29. The van der Waals surface area contributed by atoms with Gasteiger partial charge in [-0.1, -0.05) is 6.42 Å². The molecule has 4 heterocycles. The first kappa shape index (κ1) is 102. The summed E-state index contributed by atoms with van der Waals surface area (Å²) >= 11 is 0. The molecule has 0 aliphatic rings. The topological polar surface area (TPSA) is 665 Å².